The van der Waals surface area contributed by atoms with Crippen LogP contribution in [0.15, 0.2) is 55.0 Å². The van der Waals surface area contributed by atoms with Crippen molar-refractivity contribution < 1.29 is 0 Å². The Morgan fingerprint density at radius 3 is 2.62 bits per heavy atom. The van der Waals surface area contributed by atoms with Crippen LogP contribution >= 0.6 is 11.6 Å². The van der Waals surface area contributed by atoms with E-state index in [1.165, 1.54) is 0 Å². The monoisotopic (exact) mass is 336 g/mol. The van der Waals surface area contributed by atoms with Gasteiger partial charge in [0, 0.05) is 11.8 Å². The van der Waals surface area contributed by atoms with E-state index < -0.39 is 0 Å². The van der Waals surface area contributed by atoms with Gasteiger partial charge in [0.15, 0.2) is 11.5 Å². The number of H-pyrrole nitrogens is 1. The molecule has 0 amide bonds. The number of fused-ring (bicyclic) bond motifs is 1. The fraction of sp³-hybridized carbons (Fsp3) is 0.0588. The molecule has 0 unspecified atom stereocenters. The average molecular weight is 337 g/mol. The number of rotatable bonds is 4. The van der Waals surface area contributed by atoms with Crippen molar-refractivity contribution in [1.82, 2.24) is 24.9 Å². The van der Waals surface area contributed by atoms with Gasteiger partial charge in [0.1, 0.15) is 5.52 Å². The smallest absolute Gasteiger partial charge is 0.226 e. The normalized spacial score (nSPS) is 10.9. The highest BCUT2D eigenvalue weighted by Gasteiger charge is 2.09. The summed E-state index contributed by atoms with van der Waals surface area (Å²) < 4.78 is 0. The van der Waals surface area contributed by atoms with E-state index in [9.17, 15) is 0 Å². The Morgan fingerprint density at radius 2 is 1.83 bits per heavy atom. The van der Waals surface area contributed by atoms with Gasteiger partial charge in [-0.2, -0.15) is 9.97 Å². The molecule has 24 heavy (non-hydrogen) atoms. The van der Waals surface area contributed by atoms with Crippen molar-refractivity contribution >= 4 is 28.6 Å². The van der Waals surface area contributed by atoms with Gasteiger partial charge in [-0.25, -0.2) is 4.98 Å². The molecule has 118 valence electrons. The summed E-state index contributed by atoms with van der Waals surface area (Å²) in [5.41, 5.74) is 4.38. The molecule has 4 aromatic rings. The topological polar surface area (TPSA) is 79.4 Å². The molecule has 0 aliphatic carbocycles. The zero-order valence-corrected chi connectivity index (χ0v) is 13.3. The maximum absolute atomic E-state index is 5.92. The van der Waals surface area contributed by atoms with Crippen molar-refractivity contribution in [1.29, 1.82) is 0 Å². The van der Waals surface area contributed by atoms with Gasteiger partial charge in [-0.05, 0) is 23.2 Å². The summed E-state index contributed by atoms with van der Waals surface area (Å²) in [5, 5.41) is 3.38. The van der Waals surface area contributed by atoms with Crippen molar-refractivity contribution in [3.63, 3.8) is 0 Å². The maximum Gasteiger partial charge on any atom is 0.226 e. The Morgan fingerprint density at radius 1 is 0.958 bits per heavy atom. The molecular formula is C17H13ClN6. The standard InChI is InChI=1S/C17H13ClN6/c18-17-23-15(14-16(24-17)22-10-21-14)20-9-13-7-6-12(8-19-13)11-4-2-1-3-5-11/h1-8,10H,9H2,(H2,20,21,22,23,24). The van der Waals surface area contributed by atoms with E-state index in [2.05, 4.69) is 48.4 Å². The summed E-state index contributed by atoms with van der Waals surface area (Å²) in [6.45, 7) is 0.524. The Balaban J connectivity index is 1.52. The van der Waals surface area contributed by atoms with Crippen LogP contribution in [0.2, 0.25) is 5.28 Å². The van der Waals surface area contributed by atoms with Gasteiger partial charge in [-0.15, -0.1) is 0 Å². The first kappa shape index (κ1) is 14.6. The Hall–Kier alpha value is -2.99. The van der Waals surface area contributed by atoms with Gasteiger partial charge in [-0.3, -0.25) is 4.98 Å². The molecular weight excluding hydrogens is 324 g/mol. The zero-order valence-electron chi connectivity index (χ0n) is 12.6. The highest BCUT2D eigenvalue weighted by atomic mass is 35.5. The van der Waals surface area contributed by atoms with Gasteiger partial charge in [0.25, 0.3) is 0 Å². The van der Waals surface area contributed by atoms with Gasteiger partial charge in [0.05, 0.1) is 18.6 Å². The summed E-state index contributed by atoms with van der Waals surface area (Å²) in [5.74, 6) is 0.608. The predicted octanol–water partition coefficient (Wildman–Crippen LogP) is 3.68. The summed E-state index contributed by atoms with van der Waals surface area (Å²) in [6.07, 6.45) is 3.43. The summed E-state index contributed by atoms with van der Waals surface area (Å²) in [6, 6.07) is 14.2. The molecule has 0 aliphatic heterocycles. The molecule has 3 heterocycles. The quantitative estimate of drug-likeness (QED) is 0.556. The van der Waals surface area contributed by atoms with Gasteiger partial charge >= 0.3 is 0 Å². The van der Waals surface area contributed by atoms with Crippen LogP contribution in [0.1, 0.15) is 5.69 Å². The second kappa shape index (κ2) is 6.25. The van der Waals surface area contributed by atoms with Crippen molar-refractivity contribution in [2.24, 2.45) is 0 Å². The van der Waals surface area contributed by atoms with Gasteiger partial charge in [0.2, 0.25) is 5.28 Å². The molecule has 0 fully saturated rings. The van der Waals surface area contributed by atoms with E-state index in [1.807, 2.05) is 30.5 Å². The number of benzene rings is 1. The number of hydrogen-bond acceptors (Lipinski definition) is 5. The maximum atomic E-state index is 5.92. The molecule has 0 saturated carbocycles. The molecule has 3 aromatic heterocycles. The lowest BCUT2D eigenvalue weighted by Crippen LogP contribution is -2.04. The molecule has 0 atom stereocenters. The third-order valence-corrected chi connectivity index (χ3v) is 3.80. The molecule has 0 aliphatic rings. The SMILES string of the molecule is Clc1nc(NCc2ccc(-c3ccccc3)cn2)c2[nH]cnc2n1. The Bertz CT molecular complexity index is 965. The van der Waals surface area contributed by atoms with E-state index in [0.717, 1.165) is 22.3 Å². The van der Waals surface area contributed by atoms with Gasteiger partial charge in [-0.1, -0.05) is 36.4 Å². The van der Waals surface area contributed by atoms with Crippen LogP contribution in [-0.4, -0.2) is 24.9 Å². The second-order valence-corrected chi connectivity index (χ2v) is 5.54. The summed E-state index contributed by atoms with van der Waals surface area (Å²) in [4.78, 5) is 19.8. The number of aromatic nitrogens is 5. The molecule has 0 radical (unpaired) electrons. The second-order valence-electron chi connectivity index (χ2n) is 5.20. The zero-order chi connectivity index (χ0) is 16.4. The lowest BCUT2D eigenvalue weighted by Gasteiger charge is -2.07. The third-order valence-electron chi connectivity index (χ3n) is 3.63. The summed E-state index contributed by atoms with van der Waals surface area (Å²) in [7, 11) is 0. The lowest BCUT2D eigenvalue weighted by atomic mass is 10.1. The van der Waals surface area contributed by atoms with E-state index >= 15 is 0 Å². The van der Waals surface area contributed by atoms with Gasteiger partial charge < -0.3 is 10.3 Å². The van der Waals surface area contributed by atoms with Crippen LogP contribution in [0.4, 0.5) is 5.82 Å². The number of aromatic amines is 1. The minimum atomic E-state index is 0.157. The van der Waals surface area contributed by atoms with Crippen molar-refractivity contribution in [3.8, 4) is 11.1 Å². The molecule has 0 bridgehead atoms. The van der Waals surface area contributed by atoms with Crippen LogP contribution in [0.3, 0.4) is 0 Å². The first-order valence-corrected chi connectivity index (χ1v) is 7.78. The number of hydrogen-bond donors (Lipinski definition) is 2. The average Bonchev–Trinajstić information content (AvgIpc) is 3.09. The van der Waals surface area contributed by atoms with Crippen LogP contribution in [-0.2, 0) is 6.54 Å². The number of halogens is 1. The van der Waals surface area contributed by atoms with Crippen molar-refractivity contribution in [2.45, 2.75) is 6.54 Å². The molecule has 1 aromatic carbocycles. The highest BCUT2D eigenvalue weighted by Crippen LogP contribution is 2.20. The van der Waals surface area contributed by atoms with E-state index in [4.69, 9.17) is 11.6 Å². The van der Waals surface area contributed by atoms with Crippen LogP contribution in [0.25, 0.3) is 22.3 Å². The highest BCUT2D eigenvalue weighted by molar-refractivity contribution is 6.28. The van der Waals surface area contributed by atoms with Crippen molar-refractivity contribution in [2.75, 3.05) is 5.32 Å². The number of pyridine rings is 1. The molecule has 2 N–H and O–H groups in total. The van der Waals surface area contributed by atoms with Crippen LogP contribution in [0.5, 0.6) is 0 Å². The predicted molar refractivity (Wildman–Crippen MR) is 93.7 cm³/mol. The first-order chi connectivity index (χ1) is 11.8. The lowest BCUT2D eigenvalue weighted by molar-refractivity contribution is 1.03. The first-order valence-electron chi connectivity index (χ1n) is 7.40. The third kappa shape index (κ3) is 2.91. The number of anilines is 1. The molecule has 0 spiro atoms. The Kier molecular flexibility index (Phi) is 3.80. The largest absolute Gasteiger partial charge is 0.362 e. The number of nitrogens with one attached hydrogen (secondary N) is 2. The number of imidazole rings is 1. The summed E-state index contributed by atoms with van der Waals surface area (Å²) >= 11 is 5.92. The fourth-order valence-corrected chi connectivity index (χ4v) is 2.60. The molecule has 6 nitrogen and oxygen atoms in total. The molecule has 0 saturated heterocycles. The minimum Gasteiger partial charge on any atom is -0.362 e. The van der Waals surface area contributed by atoms with Crippen LogP contribution < -0.4 is 5.32 Å². The van der Waals surface area contributed by atoms with Crippen molar-refractivity contribution in [3.05, 3.63) is 66.0 Å². The van der Waals surface area contributed by atoms with E-state index in [0.29, 0.717) is 18.0 Å². The molecule has 4 rings (SSSR count). The fourth-order valence-electron chi connectivity index (χ4n) is 2.44. The Labute approximate surface area is 143 Å². The van der Waals surface area contributed by atoms with E-state index in [1.54, 1.807) is 6.33 Å². The minimum absolute atomic E-state index is 0.157. The molecule has 7 heteroatoms. The number of nitrogens with zero attached hydrogens (tertiary/aromatic N) is 4. The van der Waals surface area contributed by atoms with Crippen LogP contribution in [0, 0.1) is 0 Å². The van der Waals surface area contributed by atoms with E-state index in [-0.39, 0.29) is 5.28 Å².